The molecule has 0 aromatic heterocycles. The summed E-state index contributed by atoms with van der Waals surface area (Å²) < 4.78 is 0. The van der Waals surface area contributed by atoms with Crippen LogP contribution in [-0.2, 0) is 9.59 Å². The molecule has 6 heteroatoms. The van der Waals surface area contributed by atoms with Crippen LogP contribution in [0.15, 0.2) is 0 Å². The first kappa shape index (κ1) is 13.3. The van der Waals surface area contributed by atoms with Crippen molar-refractivity contribution in [2.45, 2.75) is 44.4 Å². The zero-order valence-electron chi connectivity index (χ0n) is 10.4. The van der Waals surface area contributed by atoms with Crippen molar-refractivity contribution in [1.29, 1.82) is 0 Å². The van der Waals surface area contributed by atoms with E-state index in [2.05, 4.69) is 0 Å². The maximum absolute atomic E-state index is 11.9. The minimum atomic E-state index is -1.92. The van der Waals surface area contributed by atoms with Crippen molar-refractivity contribution in [3.8, 4) is 0 Å². The highest BCUT2D eigenvalue weighted by atomic mass is 16.5. The first-order valence-corrected chi connectivity index (χ1v) is 6.30. The molecule has 1 saturated carbocycles. The summed E-state index contributed by atoms with van der Waals surface area (Å²) >= 11 is 0. The summed E-state index contributed by atoms with van der Waals surface area (Å²) in [5.74, 6) is -3.97. The number of carboxylic acids is 1. The molecule has 1 aliphatic heterocycles. The van der Waals surface area contributed by atoms with Crippen LogP contribution in [0.25, 0.3) is 0 Å². The van der Waals surface area contributed by atoms with Gasteiger partial charge in [-0.3, -0.25) is 9.59 Å². The molecule has 3 N–H and O–H groups in total. The summed E-state index contributed by atoms with van der Waals surface area (Å²) in [4.78, 5) is 24.8. The monoisotopic (exact) mass is 257 g/mol. The lowest BCUT2D eigenvalue weighted by atomic mass is 9.80. The summed E-state index contributed by atoms with van der Waals surface area (Å²) in [7, 11) is 0. The average molecular weight is 257 g/mol. The third-order valence-corrected chi connectivity index (χ3v) is 4.08. The number of aliphatic hydroxyl groups is 2. The van der Waals surface area contributed by atoms with Gasteiger partial charge in [0.25, 0.3) is 0 Å². The number of aliphatic carboxylic acids is 1. The van der Waals surface area contributed by atoms with Gasteiger partial charge in [-0.05, 0) is 12.8 Å². The zero-order chi connectivity index (χ0) is 13.5. The van der Waals surface area contributed by atoms with Crippen LogP contribution < -0.4 is 0 Å². The topological polar surface area (TPSA) is 98.1 Å². The molecule has 0 aromatic rings. The number of carbonyl (C=O) groups is 2. The number of amides is 1. The molecule has 0 radical (unpaired) electrons. The second kappa shape index (κ2) is 4.51. The van der Waals surface area contributed by atoms with Crippen LogP contribution in [0.4, 0.5) is 0 Å². The van der Waals surface area contributed by atoms with Gasteiger partial charge < -0.3 is 20.2 Å². The fourth-order valence-electron chi connectivity index (χ4n) is 2.97. The Morgan fingerprint density at radius 1 is 1.39 bits per heavy atom. The standard InChI is InChI=1S/C12H19NO5/c1-7-3-5-13(10(7)14)9-2-4-12(17,18)6-8(9)11(15)16/h7-9,17-18H,2-6H2,1H3,(H,15,16)/t7-,8+,9?/m0/s1. The van der Waals surface area contributed by atoms with Crippen LogP contribution in [0.5, 0.6) is 0 Å². The molecule has 18 heavy (non-hydrogen) atoms. The Balaban J connectivity index is 2.16. The molecule has 2 rings (SSSR count). The number of hydrogen-bond donors (Lipinski definition) is 3. The Labute approximate surface area is 105 Å². The lowest BCUT2D eigenvalue weighted by Crippen LogP contribution is -2.52. The summed E-state index contributed by atoms with van der Waals surface area (Å²) in [5.41, 5.74) is 0. The predicted molar refractivity (Wildman–Crippen MR) is 61.4 cm³/mol. The van der Waals surface area contributed by atoms with Gasteiger partial charge >= 0.3 is 5.97 Å². The molecule has 6 nitrogen and oxygen atoms in total. The fourth-order valence-corrected chi connectivity index (χ4v) is 2.97. The van der Waals surface area contributed by atoms with Crippen molar-refractivity contribution >= 4 is 11.9 Å². The molecule has 1 aliphatic carbocycles. The maximum Gasteiger partial charge on any atom is 0.308 e. The van der Waals surface area contributed by atoms with E-state index in [1.807, 2.05) is 6.92 Å². The number of hydrogen-bond acceptors (Lipinski definition) is 4. The minimum absolute atomic E-state index is 0.0189. The van der Waals surface area contributed by atoms with Gasteiger partial charge in [0.2, 0.25) is 5.91 Å². The summed E-state index contributed by atoms with van der Waals surface area (Å²) in [6.45, 7) is 2.40. The molecule has 102 valence electrons. The molecule has 2 aliphatic rings. The van der Waals surface area contributed by atoms with Crippen molar-refractivity contribution in [2.75, 3.05) is 6.54 Å². The van der Waals surface area contributed by atoms with E-state index in [1.165, 1.54) is 0 Å². The van der Waals surface area contributed by atoms with E-state index in [4.69, 9.17) is 0 Å². The molecular formula is C12H19NO5. The molecule has 1 unspecified atom stereocenters. The van der Waals surface area contributed by atoms with Gasteiger partial charge in [-0.25, -0.2) is 0 Å². The molecule has 0 bridgehead atoms. The molecule has 1 amide bonds. The van der Waals surface area contributed by atoms with Crippen molar-refractivity contribution < 1.29 is 24.9 Å². The van der Waals surface area contributed by atoms with Crippen molar-refractivity contribution in [2.24, 2.45) is 11.8 Å². The fraction of sp³-hybridized carbons (Fsp3) is 0.833. The molecule has 1 heterocycles. The summed E-state index contributed by atoms with van der Waals surface area (Å²) in [5, 5.41) is 28.3. The predicted octanol–water partition coefficient (Wildman–Crippen LogP) is -0.211. The zero-order valence-corrected chi connectivity index (χ0v) is 10.4. The number of rotatable bonds is 2. The second-order valence-corrected chi connectivity index (χ2v) is 5.46. The van der Waals surface area contributed by atoms with E-state index in [9.17, 15) is 24.9 Å². The highest BCUT2D eigenvalue weighted by molar-refractivity contribution is 5.82. The average Bonchev–Trinajstić information content (AvgIpc) is 2.59. The second-order valence-electron chi connectivity index (χ2n) is 5.46. The largest absolute Gasteiger partial charge is 0.481 e. The lowest BCUT2D eigenvalue weighted by Gasteiger charge is -2.40. The smallest absolute Gasteiger partial charge is 0.308 e. The van der Waals surface area contributed by atoms with Crippen molar-refractivity contribution in [3.63, 3.8) is 0 Å². The number of likely N-dealkylation sites (tertiary alicyclic amines) is 1. The summed E-state index contributed by atoms with van der Waals surface area (Å²) in [6, 6.07) is -0.410. The van der Waals surface area contributed by atoms with E-state index >= 15 is 0 Å². The third-order valence-electron chi connectivity index (χ3n) is 4.08. The Kier molecular flexibility index (Phi) is 3.33. The van der Waals surface area contributed by atoms with Crippen LogP contribution in [-0.4, -0.2) is 50.5 Å². The molecule has 3 atom stereocenters. The number of carboxylic acid groups (broad SMARTS) is 1. The first-order chi connectivity index (χ1) is 8.32. The quantitative estimate of drug-likeness (QED) is 0.595. The SMILES string of the molecule is C[C@H]1CCN(C2CCC(O)(O)C[C@H]2C(=O)O)C1=O. The lowest BCUT2D eigenvalue weighted by molar-refractivity contribution is -0.206. The van der Waals surface area contributed by atoms with E-state index in [0.29, 0.717) is 13.0 Å². The normalized spacial score (nSPS) is 35.8. The highest BCUT2D eigenvalue weighted by Gasteiger charge is 2.47. The van der Waals surface area contributed by atoms with Crippen LogP contribution in [0, 0.1) is 11.8 Å². The summed E-state index contributed by atoms with van der Waals surface area (Å²) in [6.07, 6.45) is 0.957. The van der Waals surface area contributed by atoms with Gasteiger partial charge in [0.05, 0.1) is 5.92 Å². The van der Waals surface area contributed by atoms with Gasteiger partial charge in [-0.1, -0.05) is 6.92 Å². The molecule has 2 fully saturated rings. The Morgan fingerprint density at radius 3 is 2.56 bits per heavy atom. The number of carbonyl (C=O) groups excluding carboxylic acids is 1. The molecule has 0 aromatic carbocycles. The van der Waals surface area contributed by atoms with Gasteiger partial charge in [-0.15, -0.1) is 0 Å². The van der Waals surface area contributed by atoms with Crippen molar-refractivity contribution in [3.05, 3.63) is 0 Å². The van der Waals surface area contributed by atoms with Gasteiger partial charge in [-0.2, -0.15) is 0 Å². The molecule has 1 saturated heterocycles. The first-order valence-electron chi connectivity index (χ1n) is 6.30. The molecular weight excluding hydrogens is 238 g/mol. The highest BCUT2D eigenvalue weighted by Crippen LogP contribution is 2.36. The third kappa shape index (κ3) is 2.35. The van der Waals surface area contributed by atoms with Crippen molar-refractivity contribution in [1.82, 2.24) is 4.90 Å². The van der Waals surface area contributed by atoms with E-state index < -0.39 is 23.7 Å². The van der Waals surface area contributed by atoms with E-state index in [-0.39, 0.29) is 24.7 Å². The van der Waals surface area contributed by atoms with Crippen LogP contribution in [0.2, 0.25) is 0 Å². The van der Waals surface area contributed by atoms with Gasteiger partial charge in [0.15, 0.2) is 5.79 Å². The number of nitrogens with zero attached hydrogens (tertiary/aromatic N) is 1. The molecule has 0 spiro atoms. The van der Waals surface area contributed by atoms with Crippen LogP contribution in [0.1, 0.15) is 32.6 Å². The Bertz CT molecular complexity index is 367. The Hall–Kier alpha value is -1.14. The maximum atomic E-state index is 11.9. The van der Waals surface area contributed by atoms with E-state index in [0.717, 1.165) is 6.42 Å². The van der Waals surface area contributed by atoms with Gasteiger partial charge in [0, 0.05) is 31.3 Å². The Morgan fingerprint density at radius 2 is 2.06 bits per heavy atom. The van der Waals surface area contributed by atoms with Gasteiger partial charge in [0.1, 0.15) is 0 Å². The minimum Gasteiger partial charge on any atom is -0.481 e. The van der Waals surface area contributed by atoms with Crippen LogP contribution >= 0.6 is 0 Å². The van der Waals surface area contributed by atoms with E-state index in [1.54, 1.807) is 4.90 Å². The van der Waals surface area contributed by atoms with Crippen LogP contribution in [0.3, 0.4) is 0 Å².